The van der Waals surface area contributed by atoms with Crippen molar-refractivity contribution in [3.05, 3.63) is 47.5 Å². The van der Waals surface area contributed by atoms with Crippen LogP contribution in [0.4, 0.5) is 11.4 Å². The predicted octanol–water partition coefficient (Wildman–Crippen LogP) is 1.95. The average Bonchev–Trinajstić information content (AvgIpc) is 2.41. The fraction of sp³-hybridized carbons (Fsp3) is 0.133. The van der Waals surface area contributed by atoms with Crippen LogP contribution in [-0.4, -0.2) is 25.7 Å². The fourth-order valence-electron chi connectivity index (χ4n) is 2.02. The lowest BCUT2D eigenvalue weighted by Crippen LogP contribution is -2.13. The maximum atomic E-state index is 11.5. The standard InChI is InChI=1S/C15H16N2O4S/c1-9-8-10(22(2,20)21)6-7-12(9)17-14-11(15(16)19)4-3-5-13(14)18/h3-8,17-18H,1-2H3,(H2,16,19). The van der Waals surface area contributed by atoms with Crippen LogP contribution in [-0.2, 0) is 9.84 Å². The van der Waals surface area contributed by atoms with E-state index in [9.17, 15) is 18.3 Å². The zero-order chi connectivity index (χ0) is 16.5. The van der Waals surface area contributed by atoms with Gasteiger partial charge < -0.3 is 16.2 Å². The maximum absolute atomic E-state index is 11.5. The molecule has 4 N–H and O–H groups in total. The summed E-state index contributed by atoms with van der Waals surface area (Å²) in [7, 11) is -3.30. The molecule has 0 fully saturated rings. The highest BCUT2D eigenvalue weighted by molar-refractivity contribution is 7.90. The van der Waals surface area contributed by atoms with Crippen molar-refractivity contribution in [3.8, 4) is 5.75 Å². The van der Waals surface area contributed by atoms with Gasteiger partial charge in [0.15, 0.2) is 9.84 Å². The van der Waals surface area contributed by atoms with Crippen molar-refractivity contribution >= 4 is 27.1 Å². The molecule has 0 atom stereocenters. The van der Waals surface area contributed by atoms with Crippen molar-refractivity contribution in [2.75, 3.05) is 11.6 Å². The summed E-state index contributed by atoms with van der Waals surface area (Å²) in [5.74, 6) is -0.799. The Balaban J connectivity index is 2.47. The first-order valence-electron chi connectivity index (χ1n) is 6.39. The minimum atomic E-state index is -3.30. The third kappa shape index (κ3) is 3.20. The van der Waals surface area contributed by atoms with E-state index in [0.717, 1.165) is 6.26 Å². The second-order valence-corrected chi connectivity index (χ2v) is 6.95. The van der Waals surface area contributed by atoms with Crippen LogP contribution >= 0.6 is 0 Å². The number of sulfone groups is 1. The number of hydrogen-bond acceptors (Lipinski definition) is 5. The molecule has 0 saturated carbocycles. The van der Waals surface area contributed by atoms with E-state index in [4.69, 9.17) is 5.73 Å². The molecule has 22 heavy (non-hydrogen) atoms. The van der Waals surface area contributed by atoms with Crippen LogP contribution in [0.25, 0.3) is 0 Å². The lowest BCUT2D eigenvalue weighted by atomic mass is 10.1. The van der Waals surface area contributed by atoms with Crippen LogP contribution in [0, 0.1) is 6.92 Å². The van der Waals surface area contributed by atoms with Gasteiger partial charge in [-0.15, -0.1) is 0 Å². The van der Waals surface area contributed by atoms with Crippen molar-refractivity contribution in [3.63, 3.8) is 0 Å². The molecule has 2 rings (SSSR count). The zero-order valence-corrected chi connectivity index (χ0v) is 12.9. The van der Waals surface area contributed by atoms with Crippen LogP contribution in [0.2, 0.25) is 0 Å². The zero-order valence-electron chi connectivity index (χ0n) is 12.1. The van der Waals surface area contributed by atoms with E-state index in [0.29, 0.717) is 11.3 Å². The number of benzene rings is 2. The van der Waals surface area contributed by atoms with E-state index in [1.165, 1.54) is 30.3 Å². The van der Waals surface area contributed by atoms with Crippen molar-refractivity contribution < 1.29 is 18.3 Å². The van der Waals surface area contributed by atoms with Crippen molar-refractivity contribution in [2.45, 2.75) is 11.8 Å². The second kappa shape index (κ2) is 5.69. The third-order valence-electron chi connectivity index (χ3n) is 3.19. The Labute approximate surface area is 128 Å². The van der Waals surface area contributed by atoms with Gasteiger partial charge in [0.1, 0.15) is 5.75 Å². The van der Waals surface area contributed by atoms with E-state index >= 15 is 0 Å². The van der Waals surface area contributed by atoms with Gasteiger partial charge in [0.2, 0.25) is 0 Å². The number of anilines is 2. The topological polar surface area (TPSA) is 109 Å². The number of carbonyl (C=O) groups is 1. The summed E-state index contributed by atoms with van der Waals surface area (Å²) in [5.41, 5.74) is 6.84. The third-order valence-corrected chi connectivity index (χ3v) is 4.30. The summed E-state index contributed by atoms with van der Waals surface area (Å²) >= 11 is 0. The Hall–Kier alpha value is -2.54. The summed E-state index contributed by atoms with van der Waals surface area (Å²) in [6.07, 6.45) is 1.13. The van der Waals surface area contributed by atoms with Crippen LogP contribution in [0.3, 0.4) is 0 Å². The number of nitrogens with two attached hydrogens (primary N) is 1. The van der Waals surface area contributed by atoms with Crippen molar-refractivity contribution in [1.82, 2.24) is 0 Å². The summed E-state index contributed by atoms with van der Waals surface area (Å²) in [6.45, 7) is 1.72. The molecule has 0 unspecified atom stereocenters. The summed E-state index contributed by atoms with van der Waals surface area (Å²) < 4.78 is 23.1. The molecular formula is C15H16N2O4S. The monoisotopic (exact) mass is 320 g/mol. The van der Waals surface area contributed by atoms with E-state index in [-0.39, 0.29) is 21.9 Å². The first-order valence-corrected chi connectivity index (χ1v) is 8.29. The van der Waals surface area contributed by atoms with Gasteiger partial charge >= 0.3 is 0 Å². The molecule has 6 nitrogen and oxygen atoms in total. The molecule has 2 aromatic carbocycles. The Morgan fingerprint density at radius 1 is 1.23 bits per heavy atom. The summed E-state index contributed by atoms with van der Waals surface area (Å²) in [5, 5.41) is 12.8. The highest BCUT2D eigenvalue weighted by atomic mass is 32.2. The summed E-state index contributed by atoms with van der Waals surface area (Å²) in [6, 6.07) is 8.97. The molecule has 1 amide bonds. The molecule has 7 heteroatoms. The first-order chi connectivity index (χ1) is 10.2. The largest absolute Gasteiger partial charge is 0.506 e. The quantitative estimate of drug-likeness (QED) is 0.746. The van der Waals surface area contributed by atoms with E-state index < -0.39 is 15.7 Å². The Kier molecular flexibility index (Phi) is 4.09. The molecule has 0 bridgehead atoms. The molecule has 0 aromatic heterocycles. The molecule has 0 radical (unpaired) electrons. The van der Waals surface area contributed by atoms with Crippen LogP contribution in [0.1, 0.15) is 15.9 Å². The molecule has 0 aliphatic carbocycles. The average molecular weight is 320 g/mol. The normalized spacial score (nSPS) is 11.2. The van der Waals surface area contributed by atoms with Gasteiger partial charge in [-0.25, -0.2) is 8.42 Å². The van der Waals surface area contributed by atoms with Gasteiger partial charge in [-0.3, -0.25) is 4.79 Å². The van der Waals surface area contributed by atoms with Gasteiger partial charge in [-0.2, -0.15) is 0 Å². The van der Waals surface area contributed by atoms with Crippen LogP contribution < -0.4 is 11.1 Å². The number of primary amides is 1. The molecular weight excluding hydrogens is 304 g/mol. The lowest BCUT2D eigenvalue weighted by molar-refractivity contribution is 0.100. The molecule has 116 valence electrons. The Morgan fingerprint density at radius 3 is 2.45 bits per heavy atom. The van der Waals surface area contributed by atoms with Gasteiger partial charge in [0.05, 0.1) is 16.1 Å². The predicted molar refractivity (Wildman–Crippen MR) is 84.2 cm³/mol. The van der Waals surface area contributed by atoms with Gasteiger partial charge in [-0.1, -0.05) is 6.07 Å². The lowest BCUT2D eigenvalue weighted by Gasteiger charge is -2.14. The number of aryl methyl sites for hydroxylation is 1. The first kappa shape index (κ1) is 15.8. The van der Waals surface area contributed by atoms with Crippen LogP contribution in [0.5, 0.6) is 5.75 Å². The molecule has 2 aromatic rings. The number of phenolic OH excluding ortho intramolecular Hbond substituents is 1. The molecule has 0 heterocycles. The van der Waals surface area contributed by atoms with Gasteiger partial charge in [-0.05, 0) is 42.8 Å². The molecule has 0 spiro atoms. The SMILES string of the molecule is Cc1cc(S(C)(=O)=O)ccc1Nc1c(O)cccc1C(N)=O. The molecule has 0 aliphatic heterocycles. The summed E-state index contributed by atoms with van der Waals surface area (Å²) in [4.78, 5) is 11.6. The number of para-hydroxylation sites is 1. The van der Waals surface area contributed by atoms with E-state index in [2.05, 4.69) is 5.32 Å². The smallest absolute Gasteiger partial charge is 0.250 e. The number of nitrogens with one attached hydrogen (secondary N) is 1. The Bertz CT molecular complexity index is 845. The number of amides is 1. The maximum Gasteiger partial charge on any atom is 0.250 e. The highest BCUT2D eigenvalue weighted by Gasteiger charge is 2.14. The second-order valence-electron chi connectivity index (χ2n) is 4.94. The molecule has 0 aliphatic rings. The minimum Gasteiger partial charge on any atom is -0.506 e. The Morgan fingerprint density at radius 2 is 1.91 bits per heavy atom. The van der Waals surface area contributed by atoms with Gasteiger partial charge in [0, 0.05) is 11.9 Å². The van der Waals surface area contributed by atoms with E-state index in [1.54, 1.807) is 13.0 Å². The molecule has 0 saturated heterocycles. The van der Waals surface area contributed by atoms with Crippen molar-refractivity contribution in [2.24, 2.45) is 5.73 Å². The van der Waals surface area contributed by atoms with E-state index in [1.807, 2.05) is 0 Å². The number of phenols is 1. The number of aromatic hydroxyl groups is 1. The number of rotatable bonds is 4. The number of carbonyl (C=O) groups excluding carboxylic acids is 1. The van der Waals surface area contributed by atoms with Crippen molar-refractivity contribution in [1.29, 1.82) is 0 Å². The highest BCUT2D eigenvalue weighted by Crippen LogP contribution is 2.32. The fourth-order valence-corrected chi connectivity index (χ4v) is 2.72. The van der Waals surface area contributed by atoms with Gasteiger partial charge in [0.25, 0.3) is 5.91 Å². The van der Waals surface area contributed by atoms with Crippen LogP contribution in [0.15, 0.2) is 41.3 Å². The number of hydrogen-bond donors (Lipinski definition) is 3. The minimum absolute atomic E-state index is 0.122.